The van der Waals surface area contributed by atoms with Gasteiger partial charge in [0.1, 0.15) is 5.82 Å². The Morgan fingerprint density at radius 2 is 1.86 bits per heavy atom. The van der Waals surface area contributed by atoms with Crippen molar-refractivity contribution in [3.8, 4) is 0 Å². The summed E-state index contributed by atoms with van der Waals surface area (Å²) in [5.41, 5.74) is 2.46. The van der Waals surface area contributed by atoms with Gasteiger partial charge in [-0.05, 0) is 49.9 Å². The number of nitrogens with zero attached hydrogens (tertiary/aromatic N) is 2. The minimum absolute atomic E-state index is 0.132. The topological polar surface area (TPSA) is 44.7 Å². The molecule has 0 saturated heterocycles. The Balaban J connectivity index is 1.75. The first-order chi connectivity index (χ1) is 13.4. The van der Waals surface area contributed by atoms with Gasteiger partial charge in [0.15, 0.2) is 0 Å². The zero-order valence-electron chi connectivity index (χ0n) is 16.8. The highest BCUT2D eigenvalue weighted by Gasteiger charge is 2.33. The summed E-state index contributed by atoms with van der Waals surface area (Å²) in [6.07, 6.45) is 3.03. The monoisotopic (exact) mass is 381 g/mol. The van der Waals surface area contributed by atoms with E-state index in [0.29, 0.717) is 6.54 Å². The maximum absolute atomic E-state index is 13.2. The van der Waals surface area contributed by atoms with Crippen molar-refractivity contribution in [2.24, 2.45) is 5.10 Å². The van der Waals surface area contributed by atoms with Crippen LogP contribution in [-0.4, -0.2) is 23.3 Å². The summed E-state index contributed by atoms with van der Waals surface area (Å²) in [6.45, 7) is 6.51. The second-order valence-electron chi connectivity index (χ2n) is 7.80. The average Bonchev–Trinajstić information content (AvgIpc) is 3.11. The van der Waals surface area contributed by atoms with Crippen molar-refractivity contribution in [1.29, 1.82) is 0 Å². The van der Waals surface area contributed by atoms with Crippen LogP contribution in [0.25, 0.3) is 0 Å². The van der Waals surface area contributed by atoms with Crippen LogP contribution >= 0.6 is 0 Å². The minimum Gasteiger partial charge on any atom is -0.328 e. The van der Waals surface area contributed by atoms with Crippen LogP contribution in [0.5, 0.6) is 0 Å². The zero-order valence-corrected chi connectivity index (χ0v) is 16.8. The lowest BCUT2D eigenvalue weighted by Crippen LogP contribution is -2.46. The summed E-state index contributed by atoms with van der Waals surface area (Å²) in [7, 11) is 0. The van der Waals surface area contributed by atoms with Crippen LogP contribution in [0.4, 0.5) is 9.18 Å². The number of carbonyl (C=O) groups excluding carboxylic acids is 1. The minimum atomic E-state index is -0.630. The largest absolute Gasteiger partial charge is 0.338 e. The molecule has 1 aliphatic rings. The molecule has 28 heavy (non-hydrogen) atoms. The molecule has 1 unspecified atom stereocenters. The number of carbonyl (C=O) groups is 1. The van der Waals surface area contributed by atoms with Gasteiger partial charge in [0.2, 0.25) is 0 Å². The van der Waals surface area contributed by atoms with Gasteiger partial charge in [-0.1, -0.05) is 55.8 Å². The molecule has 1 N–H and O–H groups in total. The fourth-order valence-corrected chi connectivity index (χ4v) is 3.51. The normalized spacial score (nSPS) is 16.8. The van der Waals surface area contributed by atoms with Crippen LogP contribution in [0.1, 0.15) is 57.1 Å². The molecule has 0 aliphatic carbocycles. The molecule has 2 aromatic rings. The number of amides is 2. The van der Waals surface area contributed by atoms with E-state index < -0.39 is 5.54 Å². The number of unbranched alkanes of at least 4 members (excludes halogenated alkanes) is 1. The number of nitrogens with one attached hydrogen (secondary N) is 1. The summed E-state index contributed by atoms with van der Waals surface area (Å²) in [4.78, 5) is 12.9. The highest BCUT2D eigenvalue weighted by molar-refractivity contribution is 5.94. The molecular formula is C23H28FN3O. The van der Waals surface area contributed by atoms with Gasteiger partial charge in [0.05, 0.1) is 12.1 Å². The lowest BCUT2D eigenvalue weighted by molar-refractivity contribution is 0.192. The summed E-state index contributed by atoms with van der Waals surface area (Å²) < 4.78 is 13.2. The van der Waals surface area contributed by atoms with Crippen LogP contribution in [-0.2, 0) is 5.54 Å². The molecule has 3 rings (SSSR count). The molecule has 0 radical (unpaired) electrons. The number of hydrogen-bond donors (Lipinski definition) is 1. The maximum atomic E-state index is 13.2. The van der Waals surface area contributed by atoms with Gasteiger partial charge in [0.25, 0.3) is 0 Å². The molecule has 2 amide bonds. The number of halogens is 1. The maximum Gasteiger partial charge on any atom is 0.338 e. The summed E-state index contributed by atoms with van der Waals surface area (Å²) >= 11 is 0. The van der Waals surface area contributed by atoms with E-state index in [-0.39, 0.29) is 17.8 Å². The van der Waals surface area contributed by atoms with E-state index in [1.165, 1.54) is 22.7 Å². The number of benzene rings is 2. The molecule has 0 aromatic heterocycles. The smallest absolute Gasteiger partial charge is 0.328 e. The average molecular weight is 381 g/mol. The molecule has 0 bridgehead atoms. The summed E-state index contributed by atoms with van der Waals surface area (Å²) in [5.74, 6) is -0.159. The zero-order chi connectivity index (χ0) is 20.1. The molecule has 1 aliphatic heterocycles. The standard InChI is InChI=1S/C23H28FN3O/c1-4-5-11-21-20(17-9-7-6-8-10-17)16-27(26-21)22(28)25-23(2,3)18-12-14-19(24)15-13-18/h6-10,12-15,20H,4-5,11,16H2,1-3H3,(H,25,28). The van der Waals surface area contributed by atoms with Crippen LogP contribution in [0, 0.1) is 5.82 Å². The van der Waals surface area contributed by atoms with E-state index in [1.807, 2.05) is 32.0 Å². The molecule has 148 valence electrons. The van der Waals surface area contributed by atoms with E-state index in [4.69, 9.17) is 0 Å². The van der Waals surface area contributed by atoms with Crippen LogP contribution < -0.4 is 5.32 Å². The first kappa shape index (κ1) is 20.1. The van der Waals surface area contributed by atoms with E-state index in [9.17, 15) is 9.18 Å². The molecule has 0 saturated carbocycles. The van der Waals surface area contributed by atoms with Crippen molar-refractivity contribution in [3.05, 3.63) is 71.5 Å². The van der Waals surface area contributed by atoms with E-state index in [2.05, 4.69) is 29.5 Å². The number of hydrogen-bond acceptors (Lipinski definition) is 2. The SMILES string of the molecule is CCCCC1=NN(C(=O)NC(C)(C)c2ccc(F)cc2)CC1c1ccccc1. The van der Waals surface area contributed by atoms with Crippen molar-refractivity contribution in [1.82, 2.24) is 10.3 Å². The lowest BCUT2D eigenvalue weighted by Gasteiger charge is -2.28. The fourth-order valence-electron chi connectivity index (χ4n) is 3.51. The number of urea groups is 1. The van der Waals surface area contributed by atoms with Crippen molar-refractivity contribution in [2.45, 2.75) is 51.5 Å². The van der Waals surface area contributed by atoms with Crippen molar-refractivity contribution < 1.29 is 9.18 Å². The van der Waals surface area contributed by atoms with Crippen molar-refractivity contribution in [2.75, 3.05) is 6.54 Å². The Hall–Kier alpha value is -2.69. The summed E-state index contributed by atoms with van der Waals surface area (Å²) in [6, 6.07) is 16.2. The highest BCUT2D eigenvalue weighted by atomic mass is 19.1. The Kier molecular flexibility index (Phi) is 6.12. The molecule has 1 heterocycles. The molecule has 0 fully saturated rings. The lowest BCUT2D eigenvalue weighted by atomic mass is 9.92. The molecule has 4 nitrogen and oxygen atoms in total. The van der Waals surface area contributed by atoms with Gasteiger partial charge >= 0.3 is 6.03 Å². The third kappa shape index (κ3) is 4.58. The molecular weight excluding hydrogens is 353 g/mol. The van der Waals surface area contributed by atoms with Gasteiger partial charge in [-0.15, -0.1) is 0 Å². The van der Waals surface area contributed by atoms with Crippen LogP contribution in [0.3, 0.4) is 0 Å². The first-order valence-corrected chi connectivity index (χ1v) is 9.88. The van der Waals surface area contributed by atoms with Gasteiger partial charge in [-0.3, -0.25) is 0 Å². The van der Waals surface area contributed by atoms with Crippen molar-refractivity contribution >= 4 is 11.7 Å². The molecule has 1 atom stereocenters. The highest BCUT2D eigenvalue weighted by Crippen LogP contribution is 2.28. The van der Waals surface area contributed by atoms with Gasteiger partial charge in [0, 0.05) is 11.6 Å². The van der Waals surface area contributed by atoms with Crippen LogP contribution in [0.2, 0.25) is 0 Å². The second-order valence-corrected chi connectivity index (χ2v) is 7.80. The number of hydrazone groups is 1. The molecule has 0 spiro atoms. The van der Waals surface area contributed by atoms with E-state index in [0.717, 1.165) is 30.5 Å². The van der Waals surface area contributed by atoms with Gasteiger partial charge < -0.3 is 5.32 Å². The van der Waals surface area contributed by atoms with Crippen molar-refractivity contribution in [3.63, 3.8) is 0 Å². The Bertz CT molecular complexity index is 831. The molecule has 5 heteroatoms. The third-order valence-electron chi connectivity index (χ3n) is 5.22. The second kappa shape index (κ2) is 8.55. The van der Waals surface area contributed by atoms with Gasteiger partial charge in [-0.2, -0.15) is 5.10 Å². The first-order valence-electron chi connectivity index (χ1n) is 9.88. The van der Waals surface area contributed by atoms with Gasteiger partial charge in [-0.25, -0.2) is 14.2 Å². The quantitative estimate of drug-likeness (QED) is 0.714. The van der Waals surface area contributed by atoms with E-state index >= 15 is 0 Å². The third-order valence-corrected chi connectivity index (χ3v) is 5.22. The fraction of sp³-hybridized carbons (Fsp3) is 0.391. The predicted octanol–water partition coefficient (Wildman–Crippen LogP) is 5.42. The summed E-state index contributed by atoms with van der Waals surface area (Å²) in [5, 5.41) is 9.23. The molecule has 2 aromatic carbocycles. The Morgan fingerprint density at radius 3 is 2.50 bits per heavy atom. The Labute approximate surface area is 166 Å². The van der Waals surface area contributed by atoms with E-state index in [1.54, 1.807) is 12.1 Å². The Morgan fingerprint density at radius 1 is 1.18 bits per heavy atom. The predicted molar refractivity (Wildman–Crippen MR) is 111 cm³/mol. The van der Waals surface area contributed by atoms with Crippen LogP contribution in [0.15, 0.2) is 59.7 Å². The number of rotatable bonds is 6.